The summed E-state index contributed by atoms with van der Waals surface area (Å²) in [7, 11) is 0. The van der Waals surface area contributed by atoms with Crippen LogP contribution >= 0.6 is 34.8 Å². The zero-order valence-electron chi connectivity index (χ0n) is 22.2. The molecular weight excluding hydrogens is 663 g/mol. The van der Waals surface area contributed by atoms with Crippen LogP contribution < -0.4 is 16.0 Å². The first-order valence-electron chi connectivity index (χ1n) is 12.6. The second kappa shape index (κ2) is 12.8. The third kappa shape index (κ3) is 7.06. The number of ether oxygens (including phenoxy) is 1. The van der Waals surface area contributed by atoms with Gasteiger partial charge in [-0.15, -0.1) is 23.2 Å². The molecule has 3 aromatic carbocycles. The van der Waals surface area contributed by atoms with Crippen LogP contribution in [0.5, 0.6) is 0 Å². The van der Waals surface area contributed by atoms with Gasteiger partial charge in [0.2, 0.25) is 5.91 Å². The SMILES string of the molecule is CCOCC(=O)Nc1c(F)ccc(NC(=O)c2cc(NC(=O)C3[C@H](c4ccc(F)c(C(F)(F)F)c4)C3(Cl)Cl)ccc2Cl)c1F. The molecule has 44 heavy (non-hydrogen) atoms. The van der Waals surface area contributed by atoms with Crippen molar-refractivity contribution in [3.63, 3.8) is 0 Å². The summed E-state index contributed by atoms with van der Waals surface area (Å²) in [5, 5.41) is 6.54. The van der Waals surface area contributed by atoms with Gasteiger partial charge >= 0.3 is 6.18 Å². The summed E-state index contributed by atoms with van der Waals surface area (Å²) >= 11 is 18.6. The van der Waals surface area contributed by atoms with E-state index >= 15 is 0 Å². The molecule has 1 unspecified atom stereocenters. The number of hydrogen-bond donors (Lipinski definition) is 3. The summed E-state index contributed by atoms with van der Waals surface area (Å²) in [5.74, 6) is -8.94. The lowest BCUT2D eigenvalue weighted by Crippen LogP contribution is -2.21. The van der Waals surface area contributed by atoms with Crippen molar-refractivity contribution in [3.8, 4) is 0 Å². The fourth-order valence-electron chi connectivity index (χ4n) is 4.34. The summed E-state index contributed by atoms with van der Waals surface area (Å²) in [5.41, 5.74) is -3.28. The number of alkyl halides is 5. The molecule has 3 aromatic rings. The number of hydrogen-bond acceptors (Lipinski definition) is 4. The molecule has 16 heteroatoms. The van der Waals surface area contributed by atoms with Crippen molar-refractivity contribution in [2.24, 2.45) is 5.92 Å². The van der Waals surface area contributed by atoms with Crippen LogP contribution in [-0.2, 0) is 20.5 Å². The third-order valence-electron chi connectivity index (χ3n) is 6.51. The Morgan fingerprint density at radius 1 is 0.932 bits per heavy atom. The first-order chi connectivity index (χ1) is 20.6. The molecule has 0 saturated heterocycles. The summed E-state index contributed by atoms with van der Waals surface area (Å²) in [6.07, 6.45) is -5.00. The number of rotatable bonds is 9. The van der Waals surface area contributed by atoms with Gasteiger partial charge in [0, 0.05) is 18.2 Å². The lowest BCUT2D eigenvalue weighted by atomic mass is 10.0. The Kier molecular flexibility index (Phi) is 9.74. The van der Waals surface area contributed by atoms with E-state index in [0.717, 1.165) is 24.3 Å². The number of nitrogens with one attached hydrogen (secondary N) is 3. The fourth-order valence-corrected chi connectivity index (χ4v) is 5.37. The zero-order valence-corrected chi connectivity index (χ0v) is 24.5. The van der Waals surface area contributed by atoms with Gasteiger partial charge < -0.3 is 20.7 Å². The maximum Gasteiger partial charge on any atom is 0.419 e. The molecule has 1 aliphatic carbocycles. The van der Waals surface area contributed by atoms with Crippen molar-refractivity contribution in [2.75, 3.05) is 29.2 Å². The molecule has 3 N–H and O–H groups in total. The molecule has 0 heterocycles. The molecule has 0 spiro atoms. The van der Waals surface area contributed by atoms with E-state index in [1.807, 2.05) is 5.32 Å². The second-order valence-electron chi connectivity index (χ2n) is 9.47. The third-order valence-corrected chi connectivity index (χ3v) is 7.78. The van der Waals surface area contributed by atoms with Crippen LogP contribution in [0.1, 0.15) is 34.3 Å². The Bertz CT molecular complexity index is 1640. The monoisotopic (exact) mass is 681 g/mol. The molecule has 1 fully saturated rings. The van der Waals surface area contributed by atoms with Crippen molar-refractivity contribution in [1.29, 1.82) is 0 Å². The van der Waals surface area contributed by atoms with Crippen molar-refractivity contribution >= 4 is 69.6 Å². The molecule has 234 valence electrons. The first kappa shape index (κ1) is 33.4. The van der Waals surface area contributed by atoms with Crippen LogP contribution in [0.2, 0.25) is 5.02 Å². The maximum absolute atomic E-state index is 15.0. The second-order valence-corrected chi connectivity index (χ2v) is 11.3. The predicted molar refractivity (Wildman–Crippen MR) is 152 cm³/mol. The summed E-state index contributed by atoms with van der Waals surface area (Å²) < 4.78 is 85.6. The number of carbonyl (C=O) groups excluding carboxylic acids is 3. The Morgan fingerprint density at radius 3 is 2.27 bits per heavy atom. The largest absolute Gasteiger partial charge is 0.419 e. The Balaban J connectivity index is 1.51. The van der Waals surface area contributed by atoms with Crippen LogP contribution in [0, 0.1) is 23.4 Å². The molecule has 7 nitrogen and oxygen atoms in total. The van der Waals surface area contributed by atoms with Gasteiger partial charge in [0.15, 0.2) is 5.82 Å². The van der Waals surface area contributed by atoms with Crippen LogP contribution in [0.3, 0.4) is 0 Å². The van der Waals surface area contributed by atoms with Gasteiger partial charge in [-0.2, -0.15) is 13.2 Å². The van der Waals surface area contributed by atoms with Crippen molar-refractivity contribution in [1.82, 2.24) is 0 Å². The van der Waals surface area contributed by atoms with Gasteiger partial charge in [0.25, 0.3) is 11.8 Å². The van der Waals surface area contributed by atoms with E-state index in [4.69, 9.17) is 39.5 Å². The lowest BCUT2D eigenvalue weighted by Gasteiger charge is -2.13. The number of anilines is 3. The zero-order chi connectivity index (χ0) is 32.6. The van der Waals surface area contributed by atoms with E-state index in [9.17, 15) is 40.7 Å². The molecule has 4 rings (SSSR count). The molecular formula is C28H20Cl3F6N3O4. The van der Waals surface area contributed by atoms with Crippen molar-refractivity contribution < 1.29 is 45.5 Å². The molecule has 1 saturated carbocycles. The van der Waals surface area contributed by atoms with Crippen LogP contribution in [0.25, 0.3) is 0 Å². The molecule has 3 amide bonds. The van der Waals surface area contributed by atoms with Gasteiger partial charge in [0.05, 0.1) is 27.8 Å². The van der Waals surface area contributed by atoms with E-state index in [0.29, 0.717) is 12.1 Å². The summed E-state index contributed by atoms with van der Waals surface area (Å²) in [6, 6.07) is 7.52. The van der Waals surface area contributed by atoms with Crippen LogP contribution in [0.15, 0.2) is 48.5 Å². The molecule has 2 atom stereocenters. The van der Waals surface area contributed by atoms with E-state index < -0.39 is 81.1 Å². The average Bonchev–Trinajstić information content (AvgIpc) is 3.53. The van der Waals surface area contributed by atoms with Gasteiger partial charge in [0.1, 0.15) is 28.3 Å². The Morgan fingerprint density at radius 2 is 1.61 bits per heavy atom. The molecule has 1 aliphatic rings. The van der Waals surface area contributed by atoms with E-state index in [-0.39, 0.29) is 28.4 Å². The minimum absolute atomic E-state index is 0.0159. The van der Waals surface area contributed by atoms with E-state index in [1.54, 1.807) is 6.92 Å². The van der Waals surface area contributed by atoms with Gasteiger partial charge in [-0.3, -0.25) is 14.4 Å². The first-order valence-corrected chi connectivity index (χ1v) is 13.7. The topological polar surface area (TPSA) is 96.5 Å². The highest BCUT2D eigenvalue weighted by atomic mass is 35.5. The average molecular weight is 683 g/mol. The molecule has 0 radical (unpaired) electrons. The van der Waals surface area contributed by atoms with Gasteiger partial charge in [-0.25, -0.2) is 13.2 Å². The quantitative estimate of drug-likeness (QED) is 0.161. The van der Waals surface area contributed by atoms with Gasteiger partial charge in [-0.05, 0) is 55.0 Å². The van der Waals surface area contributed by atoms with Crippen LogP contribution in [0.4, 0.5) is 43.4 Å². The maximum atomic E-state index is 15.0. The van der Waals surface area contributed by atoms with Crippen molar-refractivity contribution in [2.45, 2.75) is 23.4 Å². The van der Waals surface area contributed by atoms with Crippen LogP contribution in [-0.4, -0.2) is 35.3 Å². The standard InChI is InChI=1S/C28H20Cl3F6N3O4/c1-2-44-11-20(41)40-24-18(33)7-8-19(23(24)34)39-25(42)14-10-13(4-5-16(14)29)38-26(43)22-21(27(22,30)31)12-3-6-17(32)15(9-12)28(35,36)37/h3-10,21-22H,2,11H2,1H3,(H,38,43)(H,39,42)(H,40,41)/t21-,22?/m0/s1. The van der Waals surface area contributed by atoms with E-state index in [2.05, 4.69) is 10.6 Å². The Labute approximate surface area is 260 Å². The fraction of sp³-hybridized carbons (Fsp3) is 0.250. The smallest absolute Gasteiger partial charge is 0.372 e. The molecule has 0 aromatic heterocycles. The number of halogens is 9. The minimum atomic E-state index is -5.00. The Hall–Kier alpha value is -3.52. The number of amides is 3. The molecule has 0 aliphatic heterocycles. The summed E-state index contributed by atoms with van der Waals surface area (Å²) in [6.45, 7) is 1.34. The summed E-state index contributed by atoms with van der Waals surface area (Å²) in [4.78, 5) is 37.9. The highest BCUT2D eigenvalue weighted by Crippen LogP contribution is 2.65. The highest BCUT2D eigenvalue weighted by Gasteiger charge is 2.67. The predicted octanol–water partition coefficient (Wildman–Crippen LogP) is 7.53. The van der Waals surface area contributed by atoms with Crippen molar-refractivity contribution in [3.05, 3.63) is 87.7 Å². The molecule has 0 bridgehead atoms. The van der Waals surface area contributed by atoms with Gasteiger partial charge in [-0.1, -0.05) is 17.7 Å². The highest BCUT2D eigenvalue weighted by molar-refractivity contribution is 6.53. The number of benzene rings is 3. The lowest BCUT2D eigenvalue weighted by molar-refractivity contribution is -0.140. The minimum Gasteiger partial charge on any atom is -0.372 e. The number of carbonyl (C=O) groups is 3. The normalized spacial score (nSPS) is 17.1. The van der Waals surface area contributed by atoms with E-state index in [1.165, 1.54) is 12.1 Å².